The van der Waals surface area contributed by atoms with Crippen LogP contribution in [-0.4, -0.2) is 20.3 Å². The van der Waals surface area contributed by atoms with Crippen molar-refractivity contribution in [3.8, 4) is 5.69 Å². The third-order valence-electron chi connectivity index (χ3n) is 5.84. The van der Waals surface area contributed by atoms with Crippen molar-refractivity contribution in [1.82, 2.24) is 19.7 Å². The molecule has 1 aliphatic carbocycles. The molecule has 1 atom stereocenters. The molecule has 150 valence electrons. The zero-order chi connectivity index (χ0) is 20.5. The van der Waals surface area contributed by atoms with E-state index in [1.807, 2.05) is 38.2 Å². The molecule has 2 heterocycles. The summed E-state index contributed by atoms with van der Waals surface area (Å²) in [4.78, 5) is 26.5. The van der Waals surface area contributed by atoms with Crippen LogP contribution in [0.1, 0.15) is 58.5 Å². The van der Waals surface area contributed by atoms with E-state index in [0.29, 0.717) is 12.0 Å². The molecule has 4 rings (SSSR count). The van der Waals surface area contributed by atoms with Gasteiger partial charge in [-0.1, -0.05) is 19.1 Å². The first kappa shape index (κ1) is 19.2. The number of benzene rings is 1. The van der Waals surface area contributed by atoms with Crippen LogP contribution in [0.15, 0.2) is 47.5 Å². The smallest absolute Gasteiger partial charge is 0.268 e. The predicted molar refractivity (Wildman–Crippen MR) is 113 cm³/mol. The maximum atomic E-state index is 13.3. The monoisotopic (exact) mass is 390 g/mol. The molecule has 0 radical (unpaired) electrons. The lowest BCUT2D eigenvalue weighted by atomic mass is 10.1. The highest BCUT2D eigenvalue weighted by Crippen LogP contribution is 2.27. The Bertz CT molecular complexity index is 1130. The van der Waals surface area contributed by atoms with Crippen molar-refractivity contribution in [3.63, 3.8) is 0 Å². The molecule has 2 aromatic heterocycles. The fraction of sp³-hybridized carbons (Fsp3) is 0.348. The number of nitrogens with one attached hydrogen (secondary N) is 1. The van der Waals surface area contributed by atoms with Crippen molar-refractivity contribution < 1.29 is 4.79 Å². The lowest BCUT2D eigenvalue weighted by Crippen LogP contribution is -2.36. The van der Waals surface area contributed by atoms with Gasteiger partial charge in [0.05, 0.1) is 17.4 Å². The van der Waals surface area contributed by atoms with Gasteiger partial charge in [0.15, 0.2) is 0 Å². The van der Waals surface area contributed by atoms with E-state index >= 15 is 0 Å². The number of carbonyl (C=O) groups is 1. The minimum atomic E-state index is -0.345. The highest BCUT2D eigenvalue weighted by Gasteiger charge is 2.23. The van der Waals surface area contributed by atoms with Crippen molar-refractivity contribution in [2.45, 2.75) is 45.6 Å². The second-order valence-corrected chi connectivity index (χ2v) is 7.63. The van der Waals surface area contributed by atoms with Crippen LogP contribution >= 0.6 is 0 Å². The third kappa shape index (κ3) is 3.39. The van der Waals surface area contributed by atoms with Gasteiger partial charge in [-0.2, -0.15) is 5.10 Å². The summed E-state index contributed by atoms with van der Waals surface area (Å²) in [6, 6.07) is 9.60. The second-order valence-electron chi connectivity index (χ2n) is 7.63. The van der Waals surface area contributed by atoms with E-state index in [4.69, 9.17) is 0 Å². The molecule has 6 nitrogen and oxygen atoms in total. The van der Waals surface area contributed by atoms with Crippen LogP contribution in [0.5, 0.6) is 0 Å². The summed E-state index contributed by atoms with van der Waals surface area (Å²) in [5.74, 6) is -0.345. The van der Waals surface area contributed by atoms with Crippen molar-refractivity contribution >= 4 is 5.91 Å². The fourth-order valence-corrected chi connectivity index (χ4v) is 4.26. The number of aromatic nitrogens is 3. The van der Waals surface area contributed by atoms with Crippen molar-refractivity contribution in [3.05, 3.63) is 81.0 Å². The quantitative estimate of drug-likeness (QED) is 0.727. The van der Waals surface area contributed by atoms with E-state index in [9.17, 15) is 9.59 Å². The molecule has 29 heavy (non-hydrogen) atoms. The van der Waals surface area contributed by atoms with E-state index in [1.165, 1.54) is 11.1 Å². The summed E-state index contributed by atoms with van der Waals surface area (Å²) >= 11 is 0. The number of nitrogens with zero attached hydrogens (tertiary/aromatic N) is 3. The Balaban J connectivity index is 1.73. The average molecular weight is 390 g/mol. The summed E-state index contributed by atoms with van der Waals surface area (Å²) in [7, 11) is 1.85. The van der Waals surface area contributed by atoms with Crippen molar-refractivity contribution in [2.24, 2.45) is 7.05 Å². The Morgan fingerprint density at radius 3 is 2.79 bits per heavy atom. The first-order valence-electron chi connectivity index (χ1n) is 10.1. The van der Waals surface area contributed by atoms with E-state index in [0.717, 1.165) is 30.6 Å². The summed E-state index contributed by atoms with van der Waals surface area (Å²) < 4.78 is 3.37. The van der Waals surface area contributed by atoms with Crippen molar-refractivity contribution in [2.75, 3.05) is 0 Å². The summed E-state index contributed by atoms with van der Waals surface area (Å²) in [6.07, 6.45) is 7.30. The van der Waals surface area contributed by atoms with Crippen LogP contribution < -0.4 is 10.9 Å². The van der Waals surface area contributed by atoms with E-state index in [2.05, 4.69) is 16.5 Å². The molecule has 1 N–H and O–H groups in total. The summed E-state index contributed by atoms with van der Waals surface area (Å²) in [5.41, 5.74) is 4.91. The van der Waals surface area contributed by atoms with Gasteiger partial charge in [0.1, 0.15) is 5.56 Å². The molecular weight excluding hydrogens is 364 g/mol. The molecule has 6 heteroatoms. The van der Waals surface area contributed by atoms with Crippen LogP contribution in [0.2, 0.25) is 0 Å². The van der Waals surface area contributed by atoms with E-state index in [1.54, 1.807) is 28.6 Å². The Morgan fingerprint density at radius 1 is 1.24 bits per heavy atom. The van der Waals surface area contributed by atoms with Crippen LogP contribution in [0, 0.1) is 6.92 Å². The van der Waals surface area contributed by atoms with Gasteiger partial charge in [0.2, 0.25) is 0 Å². The van der Waals surface area contributed by atoms with E-state index < -0.39 is 0 Å². The van der Waals surface area contributed by atoms with Crippen molar-refractivity contribution in [1.29, 1.82) is 0 Å². The molecule has 1 unspecified atom stereocenters. The standard InChI is InChI=1S/C23H26N4O2/c1-4-18(20-11-13-24-26(20)3)25-22(28)21-15(2)12-14-27(23(21)29)19-10-6-8-16-7-5-9-17(16)19/h6,8,10-14,18H,4-5,7,9H2,1-3H3,(H,25,28). The second kappa shape index (κ2) is 7.70. The number of hydrogen-bond donors (Lipinski definition) is 1. The van der Waals surface area contributed by atoms with E-state index in [-0.39, 0.29) is 23.1 Å². The van der Waals surface area contributed by atoms with Gasteiger partial charge < -0.3 is 5.32 Å². The number of amides is 1. The molecule has 3 aromatic rings. The highest BCUT2D eigenvalue weighted by atomic mass is 16.2. The number of aryl methyl sites for hydroxylation is 3. The number of hydrogen-bond acceptors (Lipinski definition) is 3. The zero-order valence-corrected chi connectivity index (χ0v) is 17.1. The number of rotatable bonds is 5. The molecule has 0 spiro atoms. The lowest BCUT2D eigenvalue weighted by molar-refractivity contribution is 0.0931. The minimum Gasteiger partial charge on any atom is -0.344 e. The topological polar surface area (TPSA) is 68.9 Å². The van der Waals surface area contributed by atoms with Gasteiger partial charge in [0.25, 0.3) is 11.5 Å². The van der Waals surface area contributed by atoms with Crippen LogP contribution in [0.4, 0.5) is 0 Å². The Kier molecular flexibility index (Phi) is 5.09. The van der Waals surface area contributed by atoms with Crippen LogP contribution in [0.3, 0.4) is 0 Å². The molecule has 1 aromatic carbocycles. The van der Waals surface area contributed by atoms with Gasteiger partial charge in [0, 0.05) is 19.4 Å². The summed E-state index contributed by atoms with van der Waals surface area (Å²) in [6.45, 7) is 3.81. The fourth-order valence-electron chi connectivity index (χ4n) is 4.26. The van der Waals surface area contributed by atoms with Crippen LogP contribution in [0.25, 0.3) is 5.69 Å². The predicted octanol–water partition coefficient (Wildman–Crippen LogP) is 3.25. The third-order valence-corrected chi connectivity index (χ3v) is 5.84. The molecule has 1 aliphatic rings. The Morgan fingerprint density at radius 2 is 2.07 bits per heavy atom. The molecule has 0 fully saturated rings. The maximum absolute atomic E-state index is 13.3. The molecule has 0 saturated heterocycles. The zero-order valence-electron chi connectivity index (χ0n) is 17.1. The number of carbonyl (C=O) groups excluding carboxylic acids is 1. The first-order chi connectivity index (χ1) is 14.0. The molecular formula is C23H26N4O2. The average Bonchev–Trinajstić information content (AvgIpc) is 3.35. The van der Waals surface area contributed by atoms with Gasteiger partial charge in [-0.05, 0) is 67.5 Å². The first-order valence-corrected chi connectivity index (χ1v) is 10.1. The van der Waals surface area contributed by atoms with Gasteiger partial charge in [-0.15, -0.1) is 0 Å². The number of pyridine rings is 1. The maximum Gasteiger partial charge on any atom is 0.268 e. The number of fused-ring (bicyclic) bond motifs is 1. The molecule has 0 bridgehead atoms. The molecule has 0 aliphatic heterocycles. The van der Waals surface area contributed by atoms with Gasteiger partial charge >= 0.3 is 0 Å². The Hall–Kier alpha value is -3.15. The SMILES string of the molecule is CCC(NC(=O)c1c(C)ccn(-c2cccc3c2CCC3)c1=O)c1ccnn1C. The highest BCUT2D eigenvalue weighted by molar-refractivity contribution is 5.95. The molecule has 0 saturated carbocycles. The largest absolute Gasteiger partial charge is 0.344 e. The van der Waals surface area contributed by atoms with Crippen LogP contribution in [-0.2, 0) is 19.9 Å². The Labute approximate surface area is 170 Å². The van der Waals surface area contributed by atoms with Gasteiger partial charge in [-0.3, -0.25) is 18.8 Å². The lowest BCUT2D eigenvalue weighted by Gasteiger charge is -2.19. The summed E-state index contributed by atoms with van der Waals surface area (Å²) in [5, 5.41) is 7.21. The molecule has 1 amide bonds. The minimum absolute atomic E-state index is 0.198. The normalized spacial score (nSPS) is 13.9. The van der Waals surface area contributed by atoms with Gasteiger partial charge in [-0.25, -0.2) is 0 Å².